The van der Waals surface area contributed by atoms with Crippen molar-refractivity contribution in [3.05, 3.63) is 52.3 Å². The van der Waals surface area contributed by atoms with E-state index in [-0.39, 0.29) is 16.8 Å². The number of ether oxygens (including phenoxy) is 2. The quantitative estimate of drug-likeness (QED) is 0.839. The summed E-state index contributed by atoms with van der Waals surface area (Å²) in [7, 11) is 2.49. The Morgan fingerprint density at radius 3 is 2.17 bits per heavy atom. The summed E-state index contributed by atoms with van der Waals surface area (Å²) in [4.78, 5) is 39.0. The molecule has 0 saturated carbocycles. The number of rotatable bonds is 4. The Hall–Kier alpha value is -3.09. The SMILES string of the molecule is COC(=O)c1ccc(C(=O)OC)c(NC(=O)c2cc(C)[nH]c2C)c1. The number of aromatic nitrogens is 1. The maximum absolute atomic E-state index is 12.5. The van der Waals surface area contributed by atoms with Gasteiger partial charge in [-0.2, -0.15) is 0 Å². The number of carbonyl (C=O) groups is 3. The van der Waals surface area contributed by atoms with Crippen LogP contribution in [-0.2, 0) is 9.47 Å². The smallest absolute Gasteiger partial charge is 0.339 e. The molecule has 0 spiro atoms. The van der Waals surface area contributed by atoms with Gasteiger partial charge in [0.25, 0.3) is 5.91 Å². The number of H-pyrrole nitrogens is 1. The van der Waals surface area contributed by atoms with Crippen LogP contribution in [0.15, 0.2) is 24.3 Å². The van der Waals surface area contributed by atoms with Gasteiger partial charge in [0.15, 0.2) is 0 Å². The Kier molecular flexibility index (Phi) is 5.03. The number of anilines is 1. The van der Waals surface area contributed by atoms with Crippen LogP contribution < -0.4 is 5.32 Å². The number of nitrogens with one attached hydrogen (secondary N) is 2. The van der Waals surface area contributed by atoms with Crippen LogP contribution in [0, 0.1) is 13.8 Å². The molecule has 2 rings (SSSR count). The molecule has 0 aliphatic carbocycles. The van der Waals surface area contributed by atoms with Crippen molar-refractivity contribution < 1.29 is 23.9 Å². The van der Waals surface area contributed by atoms with Gasteiger partial charge >= 0.3 is 11.9 Å². The number of hydrogen-bond donors (Lipinski definition) is 2. The van der Waals surface area contributed by atoms with Crippen LogP contribution in [0.4, 0.5) is 5.69 Å². The first kappa shape index (κ1) is 17.3. The molecule has 7 nitrogen and oxygen atoms in total. The molecule has 0 aliphatic rings. The molecular weight excluding hydrogens is 312 g/mol. The van der Waals surface area contributed by atoms with E-state index in [4.69, 9.17) is 4.74 Å². The van der Waals surface area contributed by atoms with Crippen molar-refractivity contribution in [2.24, 2.45) is 0 Å². The lowest BCUT2D eigenvalue weighted by molar-refractivity contribution is 0.0587. The Labute approximate surface area is 139 Å². The van der Waals surface area contributed by atoms with Gasteiger partial charge in [-0.15, -0.1) is 0 Å². The van der Waals surface area contributed by atoms with Crippen LogP contribution in [0.25, 0.3) is 0 Å². The molecule has 1 heterocycles. The molecule has 2 aromatic rings. The summed E-state index contributed by atoms with van der Waals surface area (Å²) >= 11 is 0. The van der Waals surface area contributed by atoms with Crippen molar-refractivity contribution in [1.29, 1.82) is 0 Å². The molecule has 0 radical (unpaired) electrons. The zero-order chi connectivity index (χ0) is 17.9. The molecule has 1 amide bonds. The van der Waals surface area contributed by atoms with Gasteiger partial charge < -0.3 is 19.8 Å². The van der Waals surface area contributed by atoms with E-state index >= 15 is 0 Å². The fraction of sp³-hybridized carbons (Fsp3) is 0.235. The zero-order valence-electron chi connectivity index (χ0n) is 13.9. The summed E-state index contributed by atoms with van der Waals surface area (Å²) in [5.74, 6) is -1.59. The van der Waals surface area contributed by atoms with Crippen LogP contribution in [0.1, 0.15) is 42.5 Å². The van der Waals surface area contributed by atoms with E-state index in [1.807, 2.05) is 6.92 Å². The van der Waals surface area contributed by atoms with Crippen LogP contribution in [-0.4, -0.2) is 37.0 Å². The van der Waals surface area contributed by atoms with Crippen LogP contribution >= 0.6 is 0 Å². The highest BCUT2D eigenvalue weighted by Gasteiger charge is 2.19. The first-order valence-electron chi connectivity index (χ1n) is 7.15. The summed E-state index contributed by atoms with van der Waals surface area (Å²) in [6, 6.07) is 5.92. The molecule has 0 fully saturated rings. The van der Waals surface area contributed by atoms with Gasteiger partial charge in [-0.25, -0.2) is 9.59 Å². The molecule has 0 saturated heterocycles. The average molecular weight is 330 g/mol. The summed E-state index contributed by atoms with van der Waals surface area (Å²) in [6.45, 7) is 3.61. The number of hydrogen-bond acceptors (Lipinski definition) is 5. The zero-order valence-corrected chi connectivity index (χ0v) is 13.9. The molecule has 7 heteroatoms. The largest absolute Gasteiger partial charge is 0.465 e. The maximum atomic E-state index is 12.5. The number of aryl methyl sites for hydroxylation is 2. The average Bonchev–Trinajstić information content (AvgIpc) is 2.91. The minimum absolute atomic E-state index is 0.142. The highest BCUT2D eigenvalue weighted by molar-refractivity contribution is 6.09. The van der Waals surface area contributed by atoms with Crippen LogP contribution in [0.5, 0.6) is 0 Å². The van der Waals surface area contributed by atoms with Crippen molar-refractivity contribution in [3.63, 3.8) is 0 Å². The minimum Gasteiger partial charge on any atom is -0.465 e. The topological polar surface area (TPSA) is 97.5 Å². The van der Waals surface area contributed by atoms with Gasteiger partial charge in [0.1, 0.15) is 0 Å². The Morgan fingerprint density at radius 2 is 1.62 bits per heavy atom. The summed E-state index contributed by atoms with van der Waals surface area (Å²) in [5.41, 5.74) is 2.52. The summed E-state index contributed by atoms with van der Waals surface area (Å²) in [5, 5.41) is 2.65. The second-order valence-electron chi connectivity index (χ2n) is 5.19. The van der Waals surface area contributed by atoms with Crippen molar-refractivity contribution in [2.75, 3.05) is 19.5 Å². The van der Waals surface area contributed by atoms with E-state index in [9.17, 15) is 14.4 Å². The van der Waals surface area contributed by atoms with Gasteiger partial charge in [0.2, 0.25) is 0 Å². The Balaban J connectivity index is 2.42. The van der Waals surface area contributed by atoms with Gasteiger partial charge in [-0.05, 0) is 38.1 Å². The number of methoxy groups -OCH3 is 2. The lowest BCUT2D eigenvalue weighted by Gasteiger charge is -2.11. The van der Waals surface area contributed by atoms with E-state index in [0.717, 1.165) is 5.69 Å². The minimum atomic E-state index is -0.622. The third kappa shape index (κ3) is 3.45. The molecule has 126 valence electrons. The molecular formula is C17H18N2O5. The van der Waals surface area contributed by atoms with E-state index in [2.05, 4.69) is 15.0 Å². The highest BCUT2D eigenvalue weighted by Crippen LogP contribution is 2.21. The third-order valence-corrected chi connectivity index (χ3v) is 3.49. The number of esters is 2. The van der Waals surface area contributed by atoms with Crippen LogP contribution in [0.2, 0.25) is 0 Å². The number of carbonyl (C=O) groups excluding carboxylic acids is 3. The molecule has 0 unspecified atom stereocenters. The first-order chi connectivity index (χ1) is 11.4. The lowest BCUT2D eigenvalue weighted by atomic mass is 10.1. The van der Waals surface area contributed by atoms with Crippen molar-refractivity contribution in [3.8, 4) is 0 Å². The lowest BCUT2D eigenvalue weighted by Crippen LogP contribution is -2.16. The van der Waals surface area contributed by atoms with Gasteiger partial charge in [0.05, 0.1) is 36.6 Å². The number of amides is 1. The van der Waals surface area contributed by atoms with E-state index < -0.39 is 17.8 Å². The van der Waals surface area contributed by atoms with E-state index in [0.29, 0.717) is 11.3 Å². The van der Waals surface area contributed by atoms with E-state index in [1.165, 1.54) is 32.4 Å². The monoisotopic (exact) mass is 330 g/mol. The van der Waals surface area contributed by atoms with Crippen molar-refractivity contribution in [2.45, 2.75) is 13.8 Å². The third-order valence-electron chi connectivity index (χ3n) is 3.49. The fourth-order valence-corrected chi connectivity index (χ4v) is 2.33. The predicted molar refractivity (Wildman–Crippen MR) is 87.3 cm³/mol. The fourth-order valence-electron chi connectivity index (χ4n) is 2.33. The maximum Gasteiger partial charge on any atom is 0.339 e. The van der Waals surface area contributed by atoms with Gasteiger partial charge in [-0.1, -0.05) is 0 Å². The Bertz CT molecular complexity index is 807. The summed E-state index contributed by atoms with van der Waals surface area (Å²) < 4.78 is 9.36. The number of benzene rings is 1. The standard InChI is InChI=1S/C17H18N2O5/c1-9-7-13(10(2)18-9)15(20)19-14-8-11(16(21)23-3)5-6-12(14)17(22)24-4/h5-8,18H,1-4H3,(H,19,20). The first-order valence-corrected chi connectivity index (χ1v) is 7.15. The molecule has 1 aromatic heterocycles. The van der Waals surface area contributed by atoms with E-state index in [1.54, 1.807) is 13.0 Å². The Morgan fingerprint density at radius 1 is 0.958 bits per heavy atom. The normalized spacial score (nSPS) is 10.2. The summed E-state index contributed by atoms with van der Waals surface area (Å²) in [6.07, 6.45) is 0. The molecule has 0 atom stereocenters. The van der Waals surface area contributed by atoms with Gasteiger partial charge in [-0.3, -0.25) is 4.79 Å². The molecule has 0 bridgehead atoms. The molecule has 2 N–H and O–H groups in total. The molecule has 0 aliphatic heterocycles. The second-order valence-corrected chi connectivity index (χ2v) is 5.19. The predicted octanol–water partition coefficient (Wildman–Crippen LogP) is 2.46. The number of aromatic amines is 1. The molecule has 24 heavy (non-hydrogen) atoms. The highest BCUT2D eigenvalue weighted by atomic mass is 16.5. The van der Waals surface area contributed by atoms with Crippen molar-refractivity contribution >= 4 is 23.5 Å². The second kappa shape index (κ2) is 6.99. The van der Waals surface area contributed by atoms with Gasteiger partial charge in [0, 0.05) is 11.4 Å². The molecule has 1 aromatic carbocycles. The van der Waals surface area contributed by atoms with Crippen LogP contribution in [0.3, 0.4) is 0 Å². The van der Waals surface area contributed by atoms with Crippen molar-refractivity contribution in [1.82, 2.24) is 4.98 Å².